The predicted molar refractivity (Wildman–Crippen MR) is 119 cm³/mol. The van der Waals surface area contributed by atoms with Crippen LogP contribution in [-0.4, -0.2) is 23.1 Å². The molecule has 0 fully saturated rings. The molecule has 1 aromatic carbocycles. The van der Waals surface area contributed by atoms with E-state index in [0.717, 1.165) is 36.1 Å². The highest BCUT2D eigenvalue weighted by Gasteiger charge is 2.22. The van der Waals surface area contributed by atoms with Gasteiger partial charge in [-0.2, -0.15) is 5.26 Å². The molecule has 1 N–H and O–H groups in total. The van der Waals surface area contributed by atoms with Crippen molar-refractivity contribution in [2.45, 2.75) is 39.7 Å². The molecule has 1 aliphatic carbocycles. The Morgan fingerprint density at radius 2 is 2.00 bits per heavy atom. The van der Waals surface area contributed by atoms with E-state index in [-0.39, 0.29) is 5.82 Å². The lowest BCUT2D eigenvalue weighted by atomic mass is 10.2. The van der Waals surface area contributed by atoms with Crippen LogP contribution in [0, 0.1) is 31.0 Å². The van der Waals surface area contributed by atoms with Crippen molar-refractivity contribution in [1.82, 2.24) is 4.57 Å². The van der Waals surface area contributed by atoms with Crippen molar-refractivity contribution < 1.29 is 18.7 Å². The van der Waals surface area contributed by atoms with Crippen LogP contribution in [0.5, 0.6) is 0 Å². The SMILES string of the molecule is Cc1c(C#N)c(NC(=O)COC(=O)c2cc3c(s2)CCC3)n(Cc2ccc(F)cc2)c1C. The standard InChI is InChI=1S/C24H22FN3O3S/c1-14-15(2)28(12-16-6-8-18(25)9-7-16)23(19(14)11-26)27-22(29)13-31-24(30)21-10-17-4-3-5-20(17)32-21/h6-10H,3-5,12-13H2,1-2H3,(H,27,29). The fourth-order valence-electron chi connectivity index (χ4n) is 3.90. The van der Waals surface area contributed by atoms with E-state index < -0.39 is 18.5 Å². The van der Waals surface area contributed by atoms with Crippen LogP contribution in [0.2, 0.25) is 0 Å². The number of aromatic nitrogens is 1. The highest BCUT2D eigenvalue weighted by molar-refractivity contribution is 7.14. The maximum atomic E-state index is 13.3. The number of esters is 1. The fourth-order valence-corrected chi connectivity index (χ4v) is 5.05. The summed E-state index contributed by atoms with van der Waals surface area (Å²) in [6.45, 7) is 3.56. The zero-order valence-corrected chi connectivity index (χ0v) is 18.6. The van der Waals surface area contributed by atoms with Gasteiger partial charge in [-0.15, -0.1) is 11.3 Å². The molecule has 8 heteroatoms. The highest BCUT2D eigenvalue weighted by atomic mass is 32.1. The molecule has 0 unspecified atom stereocenters. The van der Waals surface area contributed by atoms with Crippen LogP contribution >= 0.6 is 11.3 Å². The van der Waals surface area contributed by atoms with E-state index in [4.69, 9.17) is 4.74 Å². The van der Waals surface area contributed by atoms with Gasteiger partial charge < -0.3 is 14.6 Å². The van der Waals surface area contributed by atoms with Crippen LogP contribution < -0.4 is 5.32 Å². The molecule has 32 heavy (non-hydrogen) atoms. The summed E-state index contributed by atoms with van der Waals surface area (Å²) in [5.41, 5.74) is 3.91. The van der Waals surface area contributed by atoms with Crippen molar-refractivity contribution in [1.29, 1.82) is 5.26 Å². The van der Waals surface area contributed by atoms with Crippen LogP contribution in [0.3, 0.4) is 0 Å². The van der Waals surface area contributed by atoms with Crippen molar-refractivity contribution >= 4 is 29.0 Å². The monoisotopic (exact) mass is 451 g/mol. The Hall–Kier alpha value is -3.44. The zero-order chi connectivity index (χ0) is 22.8. The summed E-state index contributed by atoms with van der Waals surface area (Å²) in [5, 5.41) is 12.4. The van der Waals surface area contributed by atoms with Gasteiger partial charge in [-0.05, 0) is 68.0 Å². The maximum absolute atomic E-state index is 13.3. The van der Waals surface area contributed by atoms with E-state index >= 15 is 0 Å². The maximum Gasteiger partial charge on any atom is 0.348 e. The summed E-state index contributed by atoms with van der Waals surface area (Å²) < 4.78 is 20.3. The zero-order valence-electron chi connectivity index (χ0n) is 17.8. The molecule has 1 amide bonds. The van der Waals surface area contributed by atoms with Crippen LogP contribution in [0.4, 0.5) is 10.2 Å². The number of amides is 1. The number of halogens is 1. The molecule has 6 nitrogen and oxygen atoms in total. The van der Waals surface area contributed by atoms with Crippen LogP contribution in [0.1, 0.15) is 48.9 Å². The van der Waals surface area contributed by atoms with Crippen LogP contribution in [-0.2, 0) is 28.9 Å². The molecule has 0 bridgehead atoms. The molecule has 0 spiro atoms. The van der Waals surface area contributed by atoms with E-state index in [2.05, 4.69) is 11.4 Å². The molecule has 4 rings (SSSR count). The van der Waals surface area contributed by atoms with Gasteiger partial charge in [-0.1, -0.05) is 12.1 Å². The second-order valence-corrected chi connectivity index (χ2v) is 8.93. The first-order chi connectivity index (χ1) is 15.4. The summed E-state index contributed by atoms with van der Waals surface area (Å²) in [7, 11) is 0. The normalized spacial score (nSPS) is 12.3. The van der Waals surface area contributed by atoms with E-state index in [9.17, 15) is 19.2 Å². The average molecular weight is 452 g/mol. The van der Waals surface area contributed by atoms with Gasteiger partial charge in [0.1, 0.15) is 22.6 Å². The average Bonchev–Trinajstić information content (AvgIpc) is 3.43. The lowest BCUT2D eigenvalue weighted by molar-refractivity contribution is -0.119. The minimum absolute atomic E-state index is 0.335. The number of benzene rings is 1. The van der Waals surface area contributed by atoms with Gasteiger partial charge in [0.25, 0.3) is 5.91 Å². The third-order valence-corrected chi connectivity index (χ3v) is 6.95. The summed E-state index contributed by atoms with van der Waals surface area (Å²) >= 11 is 1.42. The van der Waals surface area contributed by atoms with Crippen molar-refractivity contribution in [2.24, 2.45) is 0 Å². The summed E-state index contributed by atoms with van der Waals surface area (Å²) in [6, 6.07) is 10.0. The number of hydrogen-bond acceptors (Lipinski definition) is 5. The topological polar surface area (TPSA) is 84.1 Å². The van der Waals surface area contributed by atoms with Gasteiger partial charge in [0.2, 0.25) is 0 Å². The summed E-state index contributed by atoms with van der Waals surface area (Å²) in [4.78, 5) is 26.6. The number of fused-ring (bicyclic) bond motifs is 1. The molecular formula is C24H22FN3O3S. The van der Waals surface area contributed by atoms with Crippen LogP contribution in [0.15, 0.2) is 30.3 Å². The van der Waals surface area contributed by atoms with E-state index in [1.165, 1.54) is 33.9 Å². The van der Waals surface area contributed by atoms with Gasteiger partial charge in [0.15, 0.2) is 6.61 Å². The number of nitriles is 1. The third kappa shape index (κ3) is 4.30. The Bertz CT molecular complexity index is 1210. The predicted octanol–water partition coefficient (Wildman–Crippen LogP) is 4.51. The molecule has 0 saturated heterocycles. The lowest BCUT2D eigenvalue weighted by Gasteiger charge is -2.13. The highest BCUT2D eigenvalue weighted by Crippen LogP contribution is 2.31. The van der Waals surface area contributed by atoms with Gasteiger partial charge in [0.05, 0.1) is 5.56 Å². The molecule has 0 atom stereocenters. The number of nitrogens with one attached hydrogen (secondary N) is 1. The number of carbonyl (C=O) groups excluding carboxylic acids is 2. The first-order valence-corrected chi connectivity index (χ1v) is 11.1. The summed E-state index contributed by atoms with van der Waals surface area (Å²) in [6.07, 6.45) is 3.06. The number of carbonyl (C=O) groups is 2. The number of aryl methyl sites for hydroxylation is 2. The number of hydrogen-bond donors (Lipinski definition) is 1. The minimum Gasteiger partial charge on any atom is -0.451 e. The fraction of sp³-hybridized carbons (Fsp3) is 0.292. The molecule has 164 valence electrons. The number of rotatable bonds is 6. The largest absolute Gasteiger partial charge is 0.451 e. The molecular weight excluding hydrogens is 429 g/mol. The number of ether oxygens (including phenoxy) is 1. The smallest absolute Gasteiger partial charge is 0.348 e. The molecule has 0 aliphatic heterocycles. The van der Waals surface area contributed by atoms with Crippen molar-refractivity contribution in [3.63, 3.8) is 0 Å². The van der Waals surface area contributed by atoms with E-state index in [0.29, 0.717) is 22.8 Å². The lowest BCUT2D eigenvalue weighted by Crippen LogP contribution is -2.23. The first-order valence-electron chi connectivity index (χ1n) is 10.3. The number of anilines is 1. The molecule has 2 aromatic heterocycles. The second-order valence-electron chi connectivity index (χ2n) is 7.80. The van der Waals surface area contributed by atoms with Gasteiger partial charge >= 0.3 is 5.97 Å². The third-order valence-electron chi connectivity index (χ3n) is 5.74. The van der Waals surface area contributed by atoms with Gasteiger partial charge in [-0.3, -0.25) is 4.79 Å². The van der Waals surface area contributed by atoms with Crippen LogP contribution in [0.25, 0.3) is 0 Å². The van der Waals surface area contributed by atoms with Crippen molar-refractivity contribution in [2.75, 3.05) is 11.9 Å². The molecule has 0 saturated carbocycles. The second kappa shape index (κ2) is 8.97. The molecule has 0 radical (unpaired) electrons. The molecule has 2 heterocycles. The Morgan fingerprint density at radius 1 is 1.25 bits per heavy atom. The van der Waals surface area contributed by atoms with E-state index in [1.807, 2.05) is 13.0 Å². The minimum atomic E-state index is -0.531. The number of thiophene rings is 1. The van der Waals surface area contributed by atoms with Gasteiger partial charge in [-0.25, -0.2) is 9.18 Å². The Morgan fingerprint density at radius 3 is 2.69 bits per heavy atom. The van der Waals surface area contributed by atoms with E-state index in [1.54, 1.807) is 23.6 Å². The molecule has 3 aromatic rings. The summed E-state index contributed by atoms with van der Waals surface area (Å²) in [5.74, 6) is -1.05. The quantitative estimate of drug-likeness (QED) is 0.559. The number of nitrogens with zero attached hydrogens (tertiary/aromatic N) is 2. The molecule has 1 aliphatic rings. The first kappa shape index (κ1) is 21.8. The Kier molecular flexibility index (Phi) is 6.10. The van der Waals surface area contributed by atoms with Crippen molar-refractivity contribution in [3.8, 4) is 6.07 Å². The van der Waals surface area contributed by atoms with Crippen molar-refractivity contribution in [3.05, 3.63) is 73.9 Å². The Balaban J connectivity index is 1.47. The van der Waals surface area contributed by atoms with Gasteiger partial charge in [0, 0.05) is 17.1 Å². The Labute approximate surface area is 189 Å².